The second-order valence-electron chi connectivity index (χ2n) is 7.65. The second-order valence-corrected chi connectivity index (χ2v) is 11.0. The van der Waals surface area contributed by atoms with Crippen LogP contribution in [0, 0.1) is 0 Å². The molecule has 0 spiro atoms. The molecule has 3 aromatic rings. The standard InChI is InChI=1S/C22H22F2N4O3S2/c1-2-33(30,31)17-8-7-16(25-10-17)9-26-21(29)22-27-18-12-28(13-19(18)32-22)11-14-3-5-15(6-4-14)20(23)24/h3-8,10,20H,2,9,11-13H2,1H3,(H,26,29). The van der Waals surface area contributed by atoms with Crippen LogP contribution in [-0.4, -0.2) is 34.9 Å². The highest BCUT2D eigenvalue weighted by molar-refractivity contribution is 7.91. The molecule has 3 heterocycles. The molecule has 0 saturated heterocycles. The van der Waals surface area contributed by atoms with Crippen LogP contribution in [0.3, 0.4) is 0 Å². The Hall–Kier alpha value is -2.76. The summed E-state index contributed by atoms with van der Waals surface area (Å²) in [6.07, 6.45) is -1.17. The number of hydrogen-bond acceptors (Lipinski definition) is 7. The molecule has 1 aromatic carbocycles. The lowest BCUT2D eigenvalue weighted by atomic mass is 10.1. The summed E-state index contributed by atoms with van der Waals surface area (Å²) in [5.74, 6) is -0.308. The van der Waals surface area contributed by atoms with E-state index in [4.69, 9.17) is 0 Å². The Kier molecular flexibility index (Phi) is 6.82. The van der Waals surface area contributed by atoms with E-state index < -0.39 is 16.3 Å². The monoisotopic (exact) mass is 492 g/mol. The number of hydrogen-bond donors (Lipinski definition) is 1. The van der Waals surface area contributed by atoms with Gasteiger partial charge in [0.1, 0.15) is 0 Å². The number of carbonyl (C=O) groups excluding carboxylic acids is 1. The van der Waals surface area contributed by atoms with Crippen LogP contribution < -0.4 is 5.32 Å². The largest absolute Gasteiger partial charge is 0.344 e. The van der Waals surface area contributed by atoms with Gasteiger partial charge in [-0.25, -0.2) is 22.2 Å². The quantitative estimate of drug-likeness (QED) is 0.515. The van der Waals surface area contributed by atoms with E-state index in [9.17, 15) is 22.0 Å². The number of benzene rings is 1. The van der Waals surface area contributed by atoms with Gasteiger partial charge in [0.2, 0.25) is 0 Å². The average Bonchev–Trinajstić information content (AvgIpc) is 3.37. The molecule has 1 aliphatic rings. The molecule has 0 atom stereocenters. The first kappa shape index (κ1) is 23.4. The fraction of sp³-hybridized carbons (Fsp3) is 0.318. The Bertz CT molecular complexity index is 1220. The van der Waals surface area contributed by atoms with Gasteiger partial charge in [-0.2, -0.15) is 0 Å². The van der Waals surface area contributed by atoms with Gasteiger partial charge in [-0.1, -0.05) is 31.2 Å². The number of halogens is 2. The number of aromatic nitrogens is 2. The minimum absolute atomic E-state index is 0.00188. The van der Waals surface area contributed by atoms with Crippen LogP contribution in [0.4, 0.5) is 8.78 Å². The van der Waals surface area contributed by atoms with E-state index in [1.54, 1.807) is 25.1 Å². The van der Waals surface area contributed by atoms with Gasteiger partial charge in [0, 0.05) is 36.3 Å². The molecule has 1 N–H and O–H groups in total. The number of pyridine rings is 1. The zero-order valence-electron chi connectivity index (χ0n) is 17.8. The van der Waals surface area contributed by atoms with Crippen molar-refractivity contribution in [1.29, 1.82) is 0 Å². The molecule has 0 bridgehead atoms. The lowest BCUT2D eigenvalue weighted by Gasteiger charge is -2.15. The topological polar surface area (TPSA) is 92.3 Å². The molecule has 0 saturated carbocycles. The molecule has 0 unspecified atom stereocenters. The average molecular weight is 493 g/mol. The van der Waals surface area contributed by atoms with Crippen molar-refractivity contribution in [3.63, 3.8) is 0 Å². The molecule has 33 heavy (non-hydrogen) atoms. The summed E-state index contributed by atoms with van der Waals surface area (Å²) in [5.41, 5.74) is 2.35. The number of nitrogens with zero attached hydrogens (tertiary/aromatic N) is 3. The van der Waals surface area contributed by atoms with Gasteiger partial charge in [-0.15, -0.1) is 11.3 Å². The molecule has 4 rings (SSSR count). The number of carbonyl (C=O) groups is 1. The zero-order valence-corrected chi connectivity index (χ0v) is 19.4. The summed E-state index contributed by atoms with van der Waals surface area (Å²) in [4.78, 5) is 24.4. The van der Waals surface area contributed by atoms with Crippen LogP contribution in [0.15, 0.2) is 47.5 Å². The van der Waals surface area contributed by atoms with Gasteiger partial charge >= 0.3 is 0 Å². The summed E-state index contributed by atoms with van der Waals surface area (Å²) in [6, 6.07) is 9.36. The molecule has 0 radical (unpaired) electrons. The number of rotatable bonds is 8. The van der Waals surface area contributed by atoms with Gasteiger partial charge in [-0.3, -0.25) is 14.7 Å². The zero-order chi connectivity index (χ0) is 23.6. The first-order chi connectivity index (χ1) is 15.7. The number of nitrogens with one attached hydrogen (secondary N) is 1. The Morgan fingerprint density at radius 3 is 2.55 bits per heavy atom. The molecule has 0 aliphatic carbocycles. The molecular formula is C22H22F2N4O3S2. The third-order valence-corrected chi connectivity index (χ3v) is 8.12. The molecule has 0 fully saturated rings. The van der Waals surface area contributed by atoms with Crippen LogP contribution in [0.25, 0.3) is 0 Å². The maximum Gasteiger partial charge on any atom is 0.280 e. The summed E-state index contributed by atoms with van der Waals surface area (Å²) >= 11 is 1.33. The van der Waals surface area contributed by atoms with Gasteiger partial charge in [0.05, 0.1) is 28.6 Å². The molecule has 7 nitrogen and oxygen atoms in total. The smallest absolute Gasteiger partial charge is 0.280 e. The maximum atomic E-state index is 12.7. The minimum Gasteiger partial charge on any atom is -0.344 e. The number of fused-ring (bicyclic) bond motifs is 1. The first-order valence-corrected chi connectivity index (χ1v) is 12.8. The van der Waals surface area contributed by atoms with Gasteiger partial charge in [-0.05, 0) is 17.7 Å². The predicted octanol–water partition coefficient (Wildman–Crippen LogP) is 3.72. The van der Waals surface area contributed by atoms with E-state index in [1.807, 2.05) is 0 Å². The lowest BCUT2D eigenvalue weighted by molar-refractivity contribution is 0.0949. The Balaban J connectivity index is 1.31. The highest BCUT2D eigenvalue weighted by atomic mass is 32.2. The molecule has 1 amide bonds. The molecule has 174 valence electrons. The van der Waals surface area contributed by atoms with Gasteiger partial charge in [0.15, 0.2) is 14.8 Å². The Labute approximate surface area is 194 Å². The van der Waals surface area contributed by atoms with Crippen LogP contribution in [0.1, 0.15) is 50.5 Å². The number of alkyl halides is 2. The number of amides is 1. The summed E-state index contributed by atoms with van der Waals surface area (Å²) in [6.45, 7) is 3.58. The summed E-state index contributed by atoms with van der Waals surface area (Å²) in [7, 11) is -3.31. The second kappa shape index (κ2) is 9.62. The van der Waals surface area contributed by atoms with Crippen molar-refractivity contribution in [2.24, 2.45) is 0 Å². The van der Waals surface area contributed by atoms with Crippen molar-refractivity contribution in [2.75, 3.05) is 5.75 Å². The molecule has 11 heteroatoms. The van der Waals surface area contributed by atoms with Crippen molar-refractivity contribution in [3.8, 4) is 0 Å². The Morgan fingerprint density at radius 2 is 1.94 bits per heavy atom. The van der Waals surface area contributed by atoms with E-state index in [2.05, 4.69) is 20.2 Å². The minimum atomic E-state index is -3.31. The van der Waals surface area contributed by atoms with E-state index in [0.29, 0.717) is 30.3 Å². The predicted molar refractivity (Wildman–Crippen MR) is 120 cm³/mol. The van der Waals surface area contributed by atoms with Crippen molar-refractivity contribution < 1.29 is 22.0 Å². The summed E-state index contributed by atoms with van der Waals surface area (Å²) in [5, 5.41) is 3.13. The van der Waals surface area contributed by atoms with Crippen molar-refractivity contribution in [2.45, 2.75) is 44.4 Å². The third kappa shape index (κ3) is 5.43. The summed E-state index contributed by atoms with van der Waals surface area (Å²) < 4.78 is 49.1. The van der Waals surface area contributed by atoms with E-state index in [1.165, 1.54) is 35.7 Å². The maximum absolute atomic E-state index is 12.7. The van der Waals surface area contributed by atoms with Gasteiger partial charge < -0.3 is 5.32 Å². The molecular weight excluding hydrogens is 470 g/mol. The highest BCUT2D eigenvalue weighted by Gasteiger charge is 2.26. The lowest BCUT2D eigenvalue weighted by Crippen LogP contribution is -2.23. The highest BCUT2D eigenvalue weighted by Crippen LogP contribution is 2.29. The molecule has 1 aliphatic heterocycles. The third-order valence-electron chi connectivity index (χ3n) is 5.32. The van der Waals surface area contributed by atoms with Crippen LogP contribution in [0.2, 0.25) is 0 Å². The van der Waals surface area contributed by atoms with Crippen LogP contribution in [-0.2, 0) is 36.0 Å². The SMILES string of the molecule is CCS(=O)(=O)c1ccc(CNC(=O)c2nc3c(s2)CN(Cc2ccc(C(F)F)cc2)C3)nc1. The number of sulfone groups is 1. The van der Waals surface area contributed by atoms with Crippen molar-refractivity contribution in [3.05, 3.63) is 75.0 Å². The van der Waals surface area contributed by atoms with Crippen LogP contribution in [0.5, 0.6) is 0 Å². The van der Waals surface area contributed by atoms with Crippen LogP contribution >= 0.6 is 11.3 Å². The number of thiazole rings is 1. The van der Waals surface area contributed by atoms with Crippen molar-refractivity contribution >= 4 is 27.1 Å². The van der Waals surface area contributed by atoms with Crippen molar-refractivity contribution in [1.82, 2.24) is 20.2 Å². The van der Waals surface area contributed by atoms with E-state index >= 15 is 0 Å². The Morgan fingerprint density at radius 1 is 1.18 bits per heavy atom. The normalized spacial score (nSPS) is 13.9. The molecule has 2 aromatic heterocycles. The van der Waals surface area contributed by atoms with Gasteiger partial charge in [0.25, 0.3) is 12.3 Å². The fourth-order valence-electron chi connectivity index (χ4n) is 3.45. The fourth-order valence-corrected chi connectivity index (χ4v) is 5.30. The van der Waals surface area contributed by atoms with E-state index in [-0.39, 0.29) is 28.7 Å². The van der Waals surface area contributed by atoms with E-state index in [0.717, 1.165) is 16.1 Å². The first-order valence-electron chi connectivity index (χ1n) is 10.3.